The van der Waals surface area contributed by atoms with E-state index < -0.39 is 0 Å². The van der Waals surface area contributed by atoms with Crippen LogP contribution in [0.2, 0.25) is 0 Å². The highest BCUT2D eigenvalue weighted by Crippen LogP contribution is 2.20. The summed E-state index contributed by atoms with van der Waals surface area (Å²) in [6.45, 7) is 5.96. The van der Waals surface area contributed by atoms with Gasteiger partial charge in [-0.3, -0.25) is 0 Å². The molecule has 1 rings (SSSR count). The SMILES string of the molecule is CC(C)CC1CCCCN1C. The van der Waals surface area contributed by atoms with Gasteiger partial charge in [0.25, 0.3) is 0 Å². The van der Waals surface area contributed by atoms with Gasteiger partial charge < -0.3 is 4.90 Å². The van der Waals surface area contributed by atoms with Gasteiger partial charge in [-0.05, 0) is 38.8 Å². The van der Waals surface area contributed by atoms with Crippen LogP contribution in [0.1, 0.15) is 39.5 Å². The molecule has 0 aromatic rings. The highest BCUT2D eigenvalue weighted by atomic mass is 15.1. The Kier molecular flexibility index (Phi) is 3.38. The van der Waals surface area contributed by atoms with Gasteiger partial charge in [-0.25, -0.2) is 0 Å². The van der Waals surface area contributed by atoms with Gasteiger partial charge in [0.2, 0.25) is 0 Å². The predicted octanol–water partition coefficient (Wildman–Crippen LogP) is 2.52. The first-order valence-corrected chi connectivity index (χ1v) is 4.90. The summed E-state index contributed by atoms with van der Waals surface area (Å²) in [5, 5.41) is 0. The molecule has 0 saturated carbocycles. The minimum atomic E-state index is 0.862. The fourth-order valence-corrected chi connectivity index (χ4v) is 1.99. The maximum Gasteiger partial charge on any atom is 0.00946 e. The zero-order chi connectivity index (χ0) is 8.27. The van der Waals surface area contributed by atoms with Crippen LogP contribution in [-0.4, -0.2) is 24.5 Å². The zero-order valence-corrected chi connectivity index (χ0v) is 8.14. The molecule has 11 heavy (non-hydrogen) atoms. The van der Waals surface area contributed by atoms with E-state index in [9.17, 15) is 0 Å². The molecule has 1 atom stereocenters. The van der Waals surface area contributed by atoms with Gasteiger partial charge >= 0.3 is 0 Å². The van der Waals surface area contributed by atoms with Crippen molar-refractivity contribution >= 4 is 0 Å². The second kappa shape index (κ2) is 4.10. The Balaban J connectivity index is 2.29. The Labute approximate surface area is 70.8 Å². The summed E-state index contributed by atoms with van der Waals surface area (Å²) in [6.07, 6.45) is 5.66. The van der Waals surface area contributed by atoms with E-state index in [-0.39, 0.29) is 0 Å². The van der Waals surface area contributed by atoms with Crippen molar-refractivity contribution < 1.29 is 0 Å². The quantitative estimate of drug-likeness (QED) is 0.592. The van der Waals surface area contributed by atoms with Crippen molar-refractivity contribution in [3.63, 3.8) is 0 Å². The lowest BCUT2D eigenvalue weighted by atomic mass is 9.95. The summed E-state index contributed by atoms with van der Waals surface area (Å²) in [5.41, 5.74) is 0. The van der Waals surface area contributed by atoms with E-state index in [0.717, 1.165) is 12.0 Å². The van der Waals surface area contributed by atoms with E-state index in [1.165, 1.54) is 32.2 Å². The molecule has 0 radical (unpaired) electrons. The highest BCUT2D eigenvalue weighted by molar-refractivity contribution is 4.74. The Hall–Kier alpha value is -0.0400. The van der Waals surface area contributed by atoms with Crippen molar-refractivity contribution in [2.45, 2.75) is 45.6 Å². The Bertz CT molecular complexity index is 109. The summed E-state index contributed by atoms with van der Waals surface area (Å²) in [5.74, 6) is 0.862. The average molecular weight is 155 g/mol. The van der Waals surface area contributed by atoms with Gasteiger partial charge in [-0.15, -0.1) is 0 Å². The minimum absolute atomic E-state index is 0.862. The van der Waals surface area contributed by atoms with Crippen LogP contribution in [0.4, 0.5) is 0 Å². The topological polar surface area (TPSA) is 3.24 Å². The highest BCUT2D eigenvalue weighted by Gasteiger charge is 2.18. The van der Waals surface area contributed by atoms with Crippen LogP contribution in [-0.2, 0) is 0 Å². The molecule has 1 aliphatic heterocycles. The molecule has 66 valence electrons. The average Bonchev–Trinajstić information content (AvgIpc) is 1.93. The Morgan fingerprint density at radius 3 is 2.64 bits per heavy atom. The van der Waals surface area contributed by atoms with Crippen LogP contribution in [0, 0.1) is 5.92 Å². The molecule has 0 spiro atoms. The number of piperidine rings is 1. The van der Waals surface area contributed by atoms with Crippen molar-refractivity contribution in [2.24, 2.45) is 5.92 Å². The first kappa shape index (κ1) is 9.05. The standard InChI is InChI=1S/C10H21N/c1-9(2)8-10-6-4-5-7-11(10)3/h9-10H,4-8H2,1-3H3. The molecule has 0 aromatic carbocycles. The molecule has 0 N–H and O–H groups in total. The van der Waals surface area contributed by atoms with Gasteiger partial charge in [0.15, 0.2) is 0 Å². The van der Waals surface area contributed by atoms with Crippen LogP contribution in [0.3, 0.4) is 0 Å². The first-order valence-electron chi connectivity index (χ1n) is 4.90. The van der Waals surface area contributed by atoms with Gasteiger partial charge in [0.05, 0.1) is 0 Å². The molecule has 1 aliphatic rings. The molecule has 1 fully saturated rings. The van der Waals surface area contributed by atoms with Gasteiger partial charge in [-0.1, -0.05) is 20.3 Å². The largest absolute Gasteiger partial charge is 0.303 e. The second-order valence-electron chi connectivity index (χ2n) is 4.26. The molecule has 1 unspecified atom stereocenters. The number of nitrogens with zero attached hydrogens (tertiary/aromatic N) is 1. The van der Waals surface area contributed by atoms with Crippen molar-refractivity contribution in [3.8, 4) is 0 Å². The van der Waals surface area contributed by atoms with Crippen molar-refractivity contribution in [3.05, 3.63) is 0 Å². The molecule has 0 bridgehead atoms. The number of hydrogen-bond donors (Lipinski definition) is 0. The molecular weight excluding hydrogens is 134 g/mol. The third-order valence-corrected chi connectivity index (χ3v) is 2.66. The number of hydrogen-bond acceptors (Lipinski definition) is 1. The first-order chi connectivity index (χ1) is 5.20. The molecular formula is C10H21N. The minimum Gasteiger partial charge on any atom is -0.303 e. The van der Waals surface area contributed by atoms with Crippen LogP contribution in [0.5, 0.6) is 0 Å². The normalized spacial score (nSPS) is 27.8. The van der Waals surface area contributed by atoms with Crippen LogP contribution >= 0.6 is 0 Å². The summed E-state index contributed by atoms with van der Waals surface area (Å²) >= 11 is 0. The number of likely N-dealkylation sites (tertiary alicyclic amines) is 1. The summed E-state index contributed by atoms with van der Waals surface area (Å²) in [4.78, 5) is 2.53. The lowest BCUT2D eigenvalue weighted by molar-refractivity contribution is 0.163. The second-order valence-corrected chi connectivity index (χ2v) is 4.26. The lowest BCUT2D eigenvalue weighted by Gasteiger charge is -2.33. The van der Waals surface area contributed by atoms with E-state index in [4.69, 9.17) is 0 Å². The van der Waals surface area contributed by atoms with Gasteiger partial charge in [0, 0.05) is 6.04 Å². The van der Waals surface area contributed by atoms with Crippen LogP contribution < -0.4 is 0 Å². The third-order valence-electron chi connectivity index (χ3n) is 2.66. The smallest absolute Gasteiger partial charge is 0.00946 e. The Morgan fingerprint density at radius 2 is 2.09 bits per heavy atom. The molecule has 1 heteroatoms. The summed E-state index contributed by atoms with van der Waals surface area (Å²) in [6, 6.07) is 0.878. The van der Waals surface area contributed by atoms with Gasteiger partial charge in [-0.2, -0.15) is 0 Å². The van der Waals surface area contributed by atoms with Crippen LogP contribution in [0.15, 0.2) is 0 Å². The third kappa shape index (κ3) is 2.82. The fourth-order valence-electron chi connectivity index (χ4n) is 1.99. The molecule has 1 heterocycles. The fraction of sp³-hybridized carbons (Fsp3) is 1.00. The van der Waals surface area contributed by atoms with E-state index in [1.54, 1.807) is 0 Å². The molecule has 0 amide bonds. The van der Waals surface area contributed by atoms with E-state index in [2.05, 4.69) is 25.8 Å². The predicted molar refractivity (Wildman–Crippen MR) is 49.7 cm³/mol. The van der Waals surface area contributed by atoms with Crippen LogP contribution in [0.25, 0.3) is 0 Å². The monoisotopic (exact) mass is 155 g/mol. The summed E-state index contributed by atoms with van der Waals surface area (Å²) in [7, 11) is 2.27. The Morgan fingerprint density at radius 1 is 1.36 bits per heavy atom. The number of rotatable bonds is 2. The maximum atomic E-state index is 2.53. The molecule has 1 nitrogen and oxygen atoms in total. The van der Waals surface area contributed by atoms with E-state index >= 15 is 0 Å². The summed E-state index contributed by atoms with van der Waals surface area (Å²) < 4.78 is 0. The van der Waals surface area contributed by atoms with Crippen molar-refractivity contribution in [1.82, 2.24) is 4.90 Å². The van der Waals surface area contributed by atoms with Gasteiger partial charge in [0.1, 0.15) is 0 Å². The van der Waals surface area contributed by atoms with E-state index in [1.807, 2.05) is 0 Å². The van der Waals surface area contributed by atoms with E-state index in [0.29, 0.717) is 0 Å². The van der Waals surface area contributed by atoms with Crippen molar-refractivity contribution in [2.75, 3.05) is 13.6 Å². The van der Waals surface area contributed by atoms with Crippen molar-refractivity contribution in [1.29, 1.82) is 0 Å². The molecule has 0 aromatic heterocycles. The lowest BCUT2D eigenvalue weighted by Crippen LogP contribution is -2.36. The molecule has 0 aliphatic carbocycles. The molecule has 1 saturated heterocycles. The zero-order valence-electron chi connectivity index (χ0n) is 8.14. The maximum absolute atomic E-state index is 2.53.